The van der Waals surface area contributed by atoms with Crippen LogP contribution < -0.4 is 0 Å². The van der Waals surface area contributed by atoms with Crippen LogP contribution in [0.25, 0.3) is 0 Å². The van der Waals surface area contributed by atoms with Gasteiger partial charge in [0, 0.05) is 20.1 Å². The van der Waals surface area contributed by atoms with E-state index in [1.54, 1.807) is 6.92 Å². The largest absolute Gasteiger partial charge is 0.355 e. The summed E-state index contributed by atoms with van der Waals surface area (Å²) in [7, 11) is -10.2. The van der Waals surface area contributed by atoms with Gasteiger partial charge in [-0.3, -0.25) is 0 Å². The maximum absolute atomic E-state index is 12.5. The lowest BCUT2D eigenvalue weighted by Crippen LogP contribution is -2.40. The number of methoxy groups -OCH3 is 2. The molecule has 0 radical (unpaired) electrons. The van der Waals surface area contributed by atoms with Crippen molar-refractivity contribution in [3.63, 3.8) is 0 Å². The third-order valence-electron chi connectivity index (χ3n) is 5.73. The van der Waals surface area contributed by atoms with Crippen LogP contribution in [0.2, 0.25) is 0 Å². The zero-order valence-corrected chi connectivity index (χ0v) is 22.7. The quantitative estimate of drug-likeness (QED) is 0.175. The molecule has 0 spiro atoms. The molecule has 0 heterocycles. The molecule has 182 valence electrons. The lowest BCUT2D eigenvalue weighted by atomic mass is 9.90. The molecule has 8 nitrogen and oxygen atoms in total. The van der Waals surface area contributed by atoms with E-state index in [4.69, 9.17) is 9.47 Å². The Bertz CT molecular complexity index is 752. The third-order valence-corrected chi connectivity index (χ3v) is 34.9. The van der Waals surface area contributed by atoms with E-state index in [0.717, 1.165) is 32.1 Å². The normalized spacial score (nSPS) is 15.3. The van der Waals surface area contributed by atoms with Gasteiger partial charge in [-0.1, -0.05) is 45.4 Å². The second kappa shape index (κ2) is 11.9. The highest BCUT2D eigenvalue weighted by atomic mass is 33.4. The number of hydrogen-bond donors (Lipinski definition) is 0. The minimum absolute atomic E-state index is 0.0497. The summed E-state index contributed by atoms with van der Waals surface area (Å²) < 4.78 is 86.2. The molecule has 0 aromatic heterocycles. The SMILES string of the molecule is CCCCCCCCC(CC[P+](S(C)(=O)=O)(S(C)(=O)=O)S(C)(=O)=O)C(C)(OC)OC. The summed E-state index contributed by atoms with van der Waals surface area (Å²) in [6, 6.07) is 0. The molecular weight excluding hydrogens is 471 g/mol. The van der Waals surface area contributed by atoms with Crippen LogP contribution in [0.1, 0.15) is 65.2 Å². The van der Waals surface area contributed by atoms with E-state index in [2.05, 4.69) is 6.92 Å². The van der Waals surface area contributed by atoms with Gasteiger partial charge >= 0.3 is 4.87 Å². The van der Waals surface area contributed by atoms with Crippen LogP contribution in [0.4, 0.5) is 0 Å². The number of ether oxygens (including phenoxy) is 2. The molecule has 0 saturated heterocycles. The Labute approximate surface area is 183 Å². The van der Waals surface area contributed by atoms with Crippen molar-refractivity contribution >= 4 is 33.2 Å². The Balaban J connectivity index is 5.85. The van der Waals surface area contributed by atoms with E-state index >= 15 is 0 Å². The molecule has 12 heteroatoms. The highest BCUT2D eigenvalue weighted by Gasteiger charge is 2.67. The summed E-state index contributed by atoms with van der Waals surface area (Å²) in [5, 5.41) is 0. The lowest BCUT2D eigenvalue weighted by molar-refractivity contribution is -0.229. The predicted octanol–water partition coefficient (Wildman–Crippen LogP) is 3.65. The van der Waals surface area contributed by atoms with Gasteiger partial charge in [0.1, 0.15) is 6.16 Å². The maximum Gasteiger partial charge on any atom is 0.355 e. The van der Waals surface area contributed by atoms with Crippen LogP contribution in [0.15, 0.2) is 0 Å². The molecule has 1 atom stereocenters. The molecule has 0 N–H and O–H groups in total. The lowest BCUT2D eigenvalue weighted by Gasteiger charge is -2.35. The van der Waals surface area contributed by atoms with Crippen molar-refractivity contribution < 1.29 is 34.7 Å². The van der Waals surface area contributed by atoms with Crippen LogP contribution in [0.3, 0.4) is 0 Å². The first-order chi connectivity index (χ1) is 13.5. The van der Waals surface area contributed by atoms with Gasteiger partial charge in [0.2, 0.25) is 0 Å². The molecule has 0 amide bonds. The molecule has 0 aromatic carbocycles. The zero-order valence-electron chi connectivity index (χ0n) is 19.4. The smallest absolute Gasteiger partial charge is 0.353 e. The van der Waals surface area contributed by atoms with E-state index in [1.807, 2.05) is 0 Å². The first-order valence-corrected chi connectivity index (χ1v) is 19.6. The molecule has 0 aliphatic rings. The van der Waals surface area contributed by atoms with Gasteiger partial charge in [0.25, 0.3) is 28.4 Å². The van der Waals surface area contributed by atoms with Crippen molar-refractivity contribution in [2.75, 3.05) is 39.1 Å². The summed E-state index contributed by atoms with van der Waals surface area (Å²) in [6.07, 6.45) is 8.64. The standard InChI is InChI=1S/C18H40O8PS3/c1-8-9-10-11-12-13-14-17(18(2,25-3)26-4)15-16-27(28(5,19)20,29(6,21)22)30(7,23)24/h17H,8-16H2,1-7H3/q+1. The summed E-state index contributed by atoms with van der Waals surface area (Å²) in [5.41, 5.74) is 0. The number of unbranched alkanes of at least 4 members (excludes halogenated alkanes) is 5. The summed E-state index contributed by atoms with van der Waals surface area (Å²) in [4.78, 5) is -4.44. The zero-order chi connectivity index (χ0) is 23.9. The van der Waals surface area contributed by atoms with Gasteiger partial charge in [0.15, 0.2) is 5.79 Å². The summed E-state index contributed by atoms with van der Waals surface area (Å²) >= 11 is 0. The first-order valence-electron chi connectivity index (χ1n) is 10.1. The van der Waals surface area contributed by atoms with Crippen molar-refractivity contribution in [2.24, 2.45) is 5.92 Å². The molecule has 0 saturated carbocycles. The maximum atomic E-state index is 12.5. The van der Waals surface area contributed by atoms with Crippen molar-refractivity contribution in [1.29, 1.82) is 0 Å². The van der Waals surface area contributed by atoms with Crippen LogP contribution in [-0.4, -0.2) is 70.2 Å². The van der Waals surface area contributed by atoms with E-state index in [-0.39, 0.29) is 12.3 Å². The van der Waals surface area contributed by atoms with Crippen LogP contribution in [0, 0.1) is 5.92 Å². The molecule has 30 heavy (non-hydrogen) atoms. The second-order valence-electron chi connectivity index (χ2n) is 8.00. The molecule has 0 aliphatic heterocycles. The minimum atomic E-state index is -4.44. The topological polar surface area (TPSA) is 121 Å². The average molecular weight is 512 g/mol. The summed E-state index contributed by atoms with van der Waals surface area (Å²) in [5.74, 6) is -1.44. The molecule has 0 rings (SSSR count). The van der Waals surface area contributed by atoms with Gasteiger partial charge < -0.3 is 9.47 Å². The van der Waals surface area contributed by atoms with Gasteiger partial charge in [-0.15, -0.1) is 0 Å². The minimum Gasteiger partial charge on any atom is -0.353 e. The molecule has 0 bridgehead atoms. The Morgan fingerprint density at radius 2 is 1.13 bits per heavy atom. The fraction of sp³-hybridized carbons (Fsp3) is 1.00. The van der Waals surface area contributed by atoms with Crippen LogP contribution in [-0.2, 0) is 37.8 Å². The number of hydrogen-bond acceptors (Lipinski definition) is 8. The third kappa shape index (κ3) is 7.37. The monoisotopic (exact) mass is 511 g/mol. The van der Waals surface area contributed by atoms with Gasteiger partial charge in [-0.25, -0.2) is 0 Å². The average Bonchev–Trinajstić information content (AvgIpc) is 2.59. The van der Waals surface area contributed by atoms with E-state index < -0.39 is 45.2 Å². The first kappa shape index (κ1) is 30.2. The van der Waals surface area contributed by atoms with Crippen LogP contribution in [0.5, 0.6) is 0 Å². The van der Waals surface area contributed by atoms with Gasteiger partial charge in [-0.2, -0.15) is 25.3 Å². The Kier molecular flexibility index (Phi) is 12.0. The fourth-order valence-electron chi connectivity index (χ4n) is 3.81. The van der Waals surface area contributed by atoms with Gasteiger partial charge in [-0.05, 0) is 19.8 Å². The van der Waals surface area contributed by atoms with E-state index in [0.29, 0.717) is 25.2 Å². The van der Waals surface area contributed by atoms with Crippen molar-refractivity contribution in [3.05, 3.63) is 0 Å². The van der Waals surface area contributed by atoms with E-state index in [9.17, 15) is 25.3 Å². The molecule has 0 aromatic rings. The van der Waals surface area contributed by atoms with Crippen LogP contribution >= 0.6 is 4.87 Å². The molecule has 1 unspecified atom stereocenters. The highest BCUT2D eigenvalue weighted by molar-refractivity contribution is 9.12. The molecule has 0 fully saturated rings. The van der Waals surface area contributed by atoms with Crippen molar-refractivity contribution in [1.82, 2.24) is 0 Å². The van der Waals surface area contributed by atoms with Gasteiger partial charge in [0.05, 0.1) is 18.8 Å². The van der Waals surface area contributed by atoms with Crippen molar-refractivity contribution in [3.8, 4) is 0 Å². The molecule has 0 aliphatic carbocycles. The second-order valence-corrected chi connectivity index (χ2v) is 27.7. The van der Waals surface area contributed by atoms with Crippen molar-refractivity contribution in [2.45, 2.75) is 71.0 Å². The highest BCUT2D eigenvalue weighted by Crippen LogP contribution is 2.73. The molecular formula is C18H40O8PS3+. The Hall–Kier alpha value is 0.200. The fourth-order valence-corrected chi connectivity index (χ4v) is 28.5. The Morgan fingerprint density at radius 1 is 0.733 bits per heavy atom. The summed E-state index contributed by atoms with van der Waals surface area (Å²) in [6.45, 7) is 3.84. The van der Waals surface area contributed by atoms with E-state index in [1.165, 1.54) is 20.6 Å². The predicted molar refractivity (Wildman–Crippen MR) is 125 cm³/mol. The Morgan fingerprint density at radius 3 is 1.50 bits per heavy atom. The number of rotatable bonds is 16.